The number of aromatic nitrogens is 3. The van der Waals surface area contributed by atoms with Crippen molar-refractivity contribution in [3.63, 3.8) is 0 Å². The highest BCUT2D eigenvalue weighted by Crippen LogP contribution is 2.20. The number of rotatable bonds is 3. The molecule has 0 aliphatic heterocycles. The Labute approximate surface area is 115 Å². The third-order valence-electron chi connectivity index (χ3n) is 2.96. The third-order valence-corrected chi connectivity index (χ3v) is 2.96. The summed E-state index contributed by atoms with van der Waals surface area (Å²) in [5.74, 6) is -0.342. The normalized spacial score (nSPS) is 10.7. The molecule has 5 heteroatoms. The summed E-state index contributed by atoms with van der Waals surface area (Å²) in [7, 11) is 0. The van der Waals surface area contributed by atoms with Crippen molar-refractivity contribution in [2.45, 2.75) is 6.54 Å². The van der Waals surface area contributed by atoms with Gasteiger partial charge in [-0.1, -0.05) is 12.1 Å². The van der Waals surface area contributed by atoms with Crippen molar-refractivity contribution in [1.82, 2.24) is 14.8 Å². The molecule has 3 aromatic rings. The van der Waals surface area contributed by atoms with Crippen LogP contribution in [0, 0.1) is 5.82 Å². The van der Waals surface area contributed by atoms with Crippen LogP contribution in [0.2, 0.25) is 0 Å². The Bertz CT molecular complexity index is 736. The largest absolute Gasteiger partial charge is 0.399 e. The van der Waals surface area contributed by atoms with E-state index < -0.39 is 0 Å². The quantitative estimate of drug-likeness (QED) is 0.743. The Morgan fingerprint density at radius 3 is 2.80 bits per heavy atom. The SMILES string of the molecule is Nc1cccc(-c2cnn(Cc3cncc(F)c3)c2)c1. The van der Waals surface area contributed by atoms with Crippen LogP contribution in [0.25, 0.3) is 11.1 Å². The smallest absolute Gasteiger partial charge is 0.141 e. The number of nitrogens with two attached hydrogens (primary N) is 1. The molecule has 100 valence electrons. The van der Waals surface area contributed by atoms with Crippen molar-refractivity contribution in [3.05, 3.63) is 66.5 Å². The van der Waals surface area contributed by atoms with Crippen molar-refractivity contribution in [2.24, 2.45) is 0 Å². The molecule has 0 aliphatic rings. The molecule has 0 fully saturated rings. The molecule has 2 heterocycles. The number of hydrogen-bond donors (Lipinski definition) is 1. The zero-order valence-electron chi connectivity index (χ0n) is 10.7. The number of hydrogen-bond acceptors (Lipinski definition) is 3. The molecule has 2 N–H and O–H groups in total. The molecule has 1 aromatic carbocycles. The highest BCUT2D eigenvalue weighted by molar-refractivity contribution is 5.65. The van der Waals surface area contributed by atoms with E-state index in [1.807, 2.05) is 30.5 Å². The van der Waals surface area contributed by atoms with Gasteiger partial charge in [0.1, 0.15) is 5.82 Å². The topological polar surface area (TPSA) is 56.7 Å². The van der Waals surface area contributed by atoms with Crippen LogP contribution in [0.1, 0.15) is 5.56 Å². The summed E-state index contributed by atoms with van der Waals surface area (Å²) in [6.45, 7) is 0.479. The predicted octanol–water partition coefficient (Wildman–Crippen LogP) is 2.71. The second-order valence-corrected chi connectivity index (χ2v) is 4.56. The minimum Gasteiger partial charge on any atom is -0.399 e. The lowest BCUT2D eigenvalue weighted by molar-refractivity contribution is 0.611. The van der Waals surface area contributed by atoms with Crippen LogP contribution in [0.4, 0.5) is 10.1 Å². The molecule has 0 atom stereocenters. The standard InChI is InChI=1S/C15H13FN4/c16-14-4-11(6-18-8-14)9-20-10-13(7-19-20)12-2-1-3-15(17)5-12/h1-8,10H,9,17H2. The van der Waals surface area contributed by atoms with Gasteiger partial charge in [0, 0.05) is 23.6 Å². The van der Waals surface area contributed by atoms with Crippen LogP contribution in [0.15, 0.2) is 55.1 Å². The van der Waals surface area contributed by atoms with E-state index in [0.29, 0.717) is 12.2 Å². The maximum Gasteiger partial charge on any atom is 0.141 e. The van der Waals surface area contributed by atoms with Gasteiger partial charge >= 0.3 is 0 Å². The molecule has 2 aromatic heterocycles. The van der Waals surface area contributed by atoms with E-state index in [1.165, 1.54) is 12.3 Å². The monoisotopic (exact) mass is 268 g/mol. The first-order chi connectivity index (χ1) is 9.70. The highest BCUT2D eigenvalue weighted by atomic mass is 19.1. The molecule has 3 rings (SSSR count). The first-order valence-corrected chi connectivity index (χ1v) is 6.18. The van der Waals surface area contributed by atoms with Gasteiger partial charge in [0.25, 0.3) is 0 Å². The molecule has 20 heavy (non-hydrogen) atoms. The van der Waals surface area contributed by atoms with E-state index in [2.05, 4.69) is 10.1 Å². The van der Waals surface area contributed by atoms with Crippen LogP contribution in [0.3, 0.4) is 0 Å². The number of halogens is 1. The lowest BCUT2D eigenvalue weighted by Gasteiger charge is -2.01. The maximum absolute atomic E-state index is 13.1. The summed E-state index contributed by atoms with van der Waals surface area (Å²) in [4.78, 5) is 3.82. The Balaban J connectivity index is 1.84. The lowest BCUT2D eigenvalue weighted by Crippen LogP contribution is -2.00. The average Bonchev–Trinajstić information content (AvgIpc) is 2.87. The van der Waals surface area contributed by atoms with Gasteiger partial charge in [0.2, 0.25) is 0 Å². The van der Waals surface area contributed by atoms with Crippen molar-refractivity contribution in [1.29, 1.82) is 0 Å². The third kappa shape index (κ3) is 2.66. The number of pyridine rings is 1. The zero-order valence-corrected chi connectivity index (χ0v) is 10.7. The fourth-order valence-corrected chi connectivity index (χ4v) is 2.05. The molecule has 0 spiro atoms. The Morgan fingerprint density at radius 1 is 1.10 bits per heavy atom. The fraction of sp³-hybridized carbons (Fsp3) is 0.0667. The Kier molecular flexibility index (Phi) is 3.16. The predicted molar refractivity (Wildman–Crippen MR) is 75.4 cm³/mol. The molecule has 4 nitrogen and oxygen atoms in total. The van der Waals surface area contributed by atoms with E-state index in [9.17, 15) is 4.39 Å². The van der Waals surface area contributed by atoms with Crippen molar-refractivity contribution >= 4 is 5.69 Å². The number of benzene rings is 1. The first-order valence-electron chi connectivity index (χ1n) is 6.18. The van der Waals surface area contributed by atoms with Crippen LogP contribution < -0.4 is 5.73 Å². The van der Waals surface area contributed by atoms with Crippen LogP contribution >= 0.6 is 0 Å². The van der Waals surface area contributed by atoms with E-state index >= 15 is 0 Å². The Hall–Kier alpha value is -2.69. The van der Waals surface area contributed by atoms with E-state index in [0.717, 1.165) is 16.7 Å². The van der Waals surface area contributed by atoms with Crippen molar-refractivity contribution in [2.75, 3.05) is 5.73 Å². The number of nitrogen functional groups attached to an aromatic ring is 1. The Morgan fingerprint density at radius 2 is 2.00 bits per heavy atom. The van der Waals surface area contributed by atoms with Gasteiger partial charge in [-0.25, -0.2) is 4.39 Å². The molecular weight excluding hydrogens is 255 g/mol. The van der Waals surface area contributed by atoms with Gasteiger partial charge in [0.05, 0.1) is 18.9 Å². The molecular formula is C15H13FN4. The van der Waals surface area contributed by atoms with Gasteiger partial charge < -0.3 is 5.73 Å². The molecule has 0 saturated carbocycles. The van der Waals surface area contributed by atoms with Crippen LogP contribution in [-0.4, -0.2) is 14.8 Å². The minimum atomic E-state index is -0.342. The van der Waals surface area contributed by atoms with E-state index in [4.69, 9.17) is 5.73 Å². The summed E-state index contributed by atoms with van der Waals surface area (Å²) >= 11 is 0. The van der Waals surface area contributed by atoms with Gasteiger partial charge in [-0.3, -0.25) is 9.67 Å². The zero-order chi connectivity index (χ0) is 13.9. The van der Waals surface area contributed by atoms with Gasteiger partial charge in [-0.2, -0.15) is 5.10 Å². The van der Waals surface area contributed by atoms with E-state index in [1.54, 1.807) is 17.1 Å². The summed E-state index contributed by atoms with van der Waals surface area (Å²) in [6.07, 6.45) is 6.48. The van der Waals surface area contributed by atoms with E-state index in [-0.39, 0.29) is 5.82 Å². The van der Waals surface area contributed by atoms with Crippen molar-refractivity contribution < 1.29 is 4.39 Å². The molecule has 0 aliphatic carbocycles. The molecule has 0 saturated heterocycles. The summed E-state index contributed by atoms with van der Waals surface area (Å²) < 4.78 is 14.8. The average molecular weight is 268 g/mol. The fourth-order valence-electron chi connectivity index (χ4n) is 2.05. The second kappa shape index (κ2) is 5.13. The lowest BCUT2D eigenvalue weighted by atomic mass is 10.1. The number of anilines is 1. The molecule has 0 radical (unpaired) electrons. The number of nitrogens with zero attached hydrogens (tertiary/aromatic N) is 3. The first kappa shape index (κ1) is 12.3. The van der Waals surface area contributed by atoms with Crippen LogP contribution in [0.5, 0.6) is 0 Å². The molecule has 0 bridgehead atoms. The minimum absolute atomic E-state index is 0.342. The summed E-state index contributed by atoms with van der Waals surface area (Å²) in [5.41, 5.74) is 9.23. The second-order valence-electron chi connectivity index (χ2n) is 4.56. The summed E-state index contributed by atoms with van der Waals surface area (Å²) in [6, 6.07) is 9.06. The molecule has 0 unspecified atom stereocenters. The van der Waals surface area contributed by atoms with Gasteiger partial charge in [-0.05, 0) is 29.3 Å². The van der Waals surface area contributed by atoms with Crippen molar-refractivity contribution in [3.8, 4) is 11.1 Å². The highest BCUT2D eigenvalue weighted by Gasteiger charge is 2.03. The van der Waals surface area contributed by atoms with Crippen LogP contribution in [-0.2, 0) is 6.54 Å². The summed E-state index contributed by atoms with van der Waals surface area (Å²) in [5, 5.41) is 4.27. The van der Waals surface area contributed by atoms with Gasteiger partial charge in [0.15, 0.2) is 0 Å². The molecule has 0 amide bonds. The van der Waals surface area contributed by atoms with Gasteiger partial charge in [-0.15, -0.1) is 0 Å². The maximum atomic E-state index is 13.1.